The maximum absolute atomic E-state index is 13.8. The van der Waals surface area contributed by atoms with Gasteiger partial charge < -0.3 is 10.2 Å². The highest BCUT2D eigenvalue weighted by molar-refractivity contribution is 5.83. The summed E-state index contributed by atoms with van der Waals surface area (Å²) in [4.78, 5) is 15.9. The molecule has 1 aliphatic heterocycles. The number of rotatable bonds is 6. The van der Waals surface area contributed by atoms with Crippen LogP contribution in [0.2, 0.25) is 0 Å². The van der Waals surface area contributed by atoms with Gasteiger partial charge in [-0.15, -0.1) is 0 Å². The normalized spacial score (nSPS) is 23.8. The molecular weight excluding hydrogens is 468 g/mol. The predicted molar refractivity (Wildman–Crippen MR) is 133 cm³/mol. The Morgan fingerprint density at radius 3 is 2.36 bits per heavy atom. The number of aryl methyl sites for hydroxylation is 1. The lowest BCUT2D eigenvalue weighted by Gasteiger charge is -2.38. The number of likely N-dealkylation sites (tertiary alicyclic amines) is 1. The zero-order chi connectivity index (χ0) is 26.1. The summed E-state index contributed by atoms with van der Waals surface area (Å²) < 4.78 is 53.0. The first-order valence-corrected chi connectivity index (χ1v) is 12.9. The molecule has 4 rings (SSSR count). The average molecular weight is 505 g/mol. The Bertz CT molecular complexity index is 1060. The summed E-state index contributed by atoms with van der Waals surface area (Å²) >= 11 is 0. The molecule has 0 aromatic heterocycles. The minimum absolute atomic E-state index is 0.0887. The van der Waals surface area contributed by atoms with E-state index < -0.39 is 23.0 Å². The molecule has 1 N–H and O–H groups in total. The van der Waals surface area contributed by atoms with E-state index in [-0.39, 0.29) is 23.9 Å². The molecule has 7 heteroatoms. The highest BCUT2D eigenvalue weighted by Crippen LogP contribution is 2.47. The second-order valence-corrected chi connectivity index (χ2v) is 11.0. The molecule has 196 valence electrons. The van der Waals surface area contributed by atoms with E-state index in [9.17, 15) is 22.4 Å². The van der Waals surface area contributed by atoms with Crippen LogP contribution in [0.15, 0.2) is 42.5 Å². The van der Waals surface area contributed by atoms with Crippen LogP contribution in [0.25, 0.3) is 0 Å². The van der Waals surface area contributed by atoms with E-state index in [1.165, 1.54) is 11.1 Å². The number of amides is 1. The van der Waals surface area contributed by atoms with Gasteiger partial charge in [0, 0.05) is 12.6 Å². The highest BCUT2D eigenvalue weighted by atomic mass is 19.4. The minimum atomic E-state index is -4.63. The van der Waals surface area contributed by atoms with Gasteiger partial charge in [0.1, 0.15) is 5.82 Å². The summed E-state index contributed by atoms with van der Waals surface area (Å²) in [7, 11) is 0. The van der Waals surface area contributed by atoms with Crippen molar-refractivity contribution < 1.29 is 22.4 Å². The number of hydrogen-bond acceptors (Lipinski definition) is 2. The molecule has 2 aromatic carbocycles. The second-order valence-electron chi connectivity index (χ2n) is 11.0. The van der Waals surface area contributed by atoms with Crippen molar-refractivity contribution in [1.29, 1.82) is 0 Å². The topological polar surface area (TPSA) is 32.3 Å². The van der Waals surface area contributed by atoms with Crippen LogP contribution in [0.4, 0.5) is 17.6 Å². The van der Waals surface area contributed by atoms with Crippen LogP contribution >= 0.6 is 0 Å². The molecule has 2 atom stereocenters. The third-order valence-electron chi connectivity index (χ3n) is 8.41. The molecule has 1 saturated heterocycles. The van der Waals surface area contributed by atoms with E-state index in [4.69, 9.17) is 0 Å². The second kappa shape index (κ2) is 10.5. The van der Waals surface area contributed by atoms with Gasteiger partial charge in [0.15, 0.2) is 0 Å². The molecule has 2 aromatic rings. The molecule has 36 heavy (non-hydrogen) atoms. The van der Waals surface area contributed by atoms with Crippen molar-refractivity contribution in [3.8, 4) is 0 Å². The van der Waals surface area contributed by atoms with Gasteiger partial charge in [-0.2, -0.15) is 13.2 Å². The van der Waals surface area contributed by atoms with E-state index in [0.29, 0.717) is 18.0 Å². The summed E-state index contributed by atoms with van der Waals surface area (Å²) in [6.45, 7) is 8.05. The average Bonchev–Trinajstić information content (AvgIpc) is 3.29. The Hall–Kier alpha value is -2.41. The summed E-state index contributed by atoms with van der Waals surface area (Å²) in [5, 5.41) is 2.83. The molecule has 2 unspecified atom stereocenters. The van der Waals surface area contributed by atoms with Gasteiger partial charge in [-0.05, 0) is 93.3 Å². The number of piperidine rings is 1. The van der Waals surface area contributed by atoms with Gasteiger partial charge in [0.25, 0.3) is 0 Å². The lowest BCUT2D eigenvalue weighted by atomic mass is 9.74. The van der Waals surface area contributed by atoms with Crippen LogP contribution in [0.3, 0.4) is 0 Å². The zero-order valence-electron chi connectivity index (χ0n) is 21.3. The van der Waals surface area contributed by atoms with Crippen molar-refractivity contribution in [3.05, 3.63) is 70.5 Å². The lowest BCUT2D eigenvalue weighted by molar-refractivity contribution is -0.137. The fourth-order valence-corrected chi connectivity index (χ4v) is 6.06. The summed E-state index contributed by atoms with van der Waals surface area (Å²) in [6.07, 6.45) is -0.0215. The Labute approximate surface area is 211 Å². The minimum Gasteiger partial charge on any atom is -0.352 e. The Morgan fingerprint density at radius 1 is 1.08 bits per heavy atom. The van der Waals surface area contributed by atoms with Crippen molar-refractivity contribution in [2.45, 2.75) is 77.6 Å². The number of nitrogens with one attached hydrogen (secondary N) is 1. The number of hydrogen-bond donors (Lipinski definition) is 1. The summed E-state index contributed by atoms with van der Waals surface area (Å²) in [5.74, 6) is -0.449. The van der Waals surface area contributed by atoms with Crippen LogP contribution in [0, 0.1) is 24.1 Å². The third kappa shape index (κ3) is 5.77. The van der Waals surface area contributed by atoms with Crippen molar-refractivity contribution in [2.24, 2.45) is 11.3 Å². The van der Waals surface area contributed by atoms with E-state index in [2.05, 4.69) is 41.4 Å². The number of alkyl halides is 3. The molecule has 0 spiro atoms. The first kappa shape index (κ1) is 26.6. The molecule has 0 radical (unpaired) electrons. The van der Waals surface area contributed by atoms with Gasteiger partial charge in [-0.1, -0.05) is 43.7 Å². The smallest absolute Gasteiger partial charge is 0.352 e. The first-order chi connectivity index (χ1) is 17.0. The van der Waals surface area contributed by atoms with E-state index in [1.54, 1.807) is 0 Å². The summed E-state index contributed by atoms with van der Waals surface area (Å²) in [5.41, 5.74) is 1.17. The fraction of sp³-hybridized carbons (Fsp3) is 0.552. The standard InChI is InChI=1S/C29H36F4N2O/c1-19(2)28(27(36)34-18-21-14-24(29(31,32)33)16-25(30)15-21)11-8-26(17-28)35-12-9-23(10-13-35)22-6-4-20(3)5-7-22/h4-7,14-16,19,23,26H,8-13,17-18H2,1-3H3,(H,34,36). The van der Waals surface area contributed by atoms with E-state index >= 15 is 0 Å². The Balaban J connectivity index is 1.37. The van der Waals surface area contributed by atoms with Gasteiger partial charge in [-0.3, -0.25) is 4.79 Å². The maximum Gasteiger partial charge on any atom is 0.416 e. The number of halogens is 4. The highest BCUT2D eigenvalue weighted by Gasteiger charge is 2.49. The zero-order valence-corrected chi connectivity index (χ0v) is 21.3. The Morgan fingerprint density at radius 2 is 1.75 bits per heavy atom. The van der Waals surface area contributed by atoms with Crippen molar-refractivity contribution in [1.82, 2.24) is 10.2 Å². The first-order valence-electron chi connectivity index (χ1n) is 12.9. The molecular formula is C29H36F4N2O. The molecule has 1 amide bonds. The molecule has 1 saturated carbocycles. The van der Waals surface area contributed by atoms with Crippen LogP contribution in [0.5, 0.6) is 0 Å². The molecule has 1 heterocycles. The monoisotopic (exact) mass is 504 g/mol. The quantitative estimate of drug-likeness (QED) is 0.437. The van der Waals surface area contributed by atoms with Crippen molar-refractivity contribution in [3.63, 3.8) is 0 Å². The fourth-order valence-electron chi connectivity index (χ4n) is 6.06. The lowest BCUT2D eigenvalue weighted by Crippen LogP contribution is -2.45. The molecule has 2 fully saturated rings. The van der Waals surface area contributed by atoms with Gasteiger partial charge >= 0.3 is 6.18 Å². The SMILES string of the molecule is Cc1ccc(C2CCN(C3CCC(C(=O)NCc4cc(F)cc(C(F)(F)F)c4)(C(C)C)C3)CC2)cc1. The Kier molecular flexibility index (Phi) is 7.79. The number of carbonyl (C=O) groups excluding carboxylic acids is 1. The molecule has 1 aliphatic carbocycles. The van der Waals surface area contributed by atoms with Gasteiger partial charge in [0.2, 0.25) is 5.91 Å². The van der Waals surface area contributed by atoms with E-state index in [1.807, 2.05) is 13.8 Å². The third-order valence-corrected chi connectivity index (χ3v) is 8.41. The van der Waals surface area contributed by atoms with E-state index in [0.717, 1.165) is 57.3 Å². The molecule has 2 aliphatic rings. The largest absolute Gasteiger partial charge is 0.416 e. The van der Waals surface area contributed by atoms with Crippen LogP contribution in [0.1, 0.15) is 74.1 Å². The predicted octanol–water partition coefficient (Wildman–Crippen LogP) is 6.84. The van der Waals surface area contributed by atoms with Crippen molar-refractivity contribution in [2.75, 3.05) is 13.1 Å². The number of carbonyl (C=O) groups is 1. The molecule has 3 nitrogen and oxygen atoms in total. The van der Waals surface area contributed by atoms with Crippen LogP contribution in [-0.4, -0.2) is 29.9 Å². The summed E-state index contributed by atoms with van der Waals surface area (Å²) in [6, 6.07) is 11.6. The number of nitrogens with zero attached hydrogens (tertiary/aromatic N) is 1. The number of benzene rings is 2. The van der Waals surface area contributed by atoms with Gasteiger partial charge in [0.05, 0.1) is 11.0 Å². The molecule has 0 bridgehead atoms. The van der Waals surface area contributed by atoms with Crippen molar-refractivity contribution >= 4 is 5.91 Å². The van der Waals surface area contributed by atoms with Crippen LogP contribution < -0.4 is 5.32 Å². The van der Waals surface area contributed by atoms with Gasteiger partial charge in [-0.25, -0.2) is 4.39 Å². The van der Waals surface area contributed by atoms with Crippen LogP contribution in [-0.2, 0) is 17.5 Å². The maximum atomic E-state index is 13.8.